The first-order valence-electron chi connectivity index (χ1n) is 7.96. The SMILES string of the molecule is Cc1ocnc1C(=O)N(C)C[C@@H]1C[C@H](F)CN1Cc1ccnn1C. The summed E-state index contributed by atoms with van der Waals surface area (Å²) in [6.45, 7) is 3.15. The maximum atomic E-state index is 13.9. The highest BCUT2D eigenvalue weighted by Gasteiger charge is 2.34. The number of aromatic nitrogens is 3. The summed E-state index contributed by atoms with van der Waals surface area (Å²) >= 11 is 0. The number of hydrogen-bond acceptors (Lipinski definition) is 5. The lowest BCUT2D eigenvalue weighted by Crippen LogP contribution is -2.41. The zero-order valence-corrected chi connectivity index (χ0v) is 14.1. The van der Waals surface area contributed by atoms with E-state index < -0.39 is 6.17 Å². The van der Waals surface area contributed by atoms with Gasteiger partial charge in [0.25, 0.3) is 5.91 Å². The second-order valence-electron chi connectivity index (χ2n) is 6.31. The van der Waals surface area contributed by atoms with Crippen molar-refractivity contribution in [3.05, 3.63) is 35.8 Å². The van der Waals surface area contributed by atoms with Crippen molar-refractivity contribution in [3.63, 3.8) is 0 Å². The van der Waals surface area contributed by atoms with E-state index in [0.717, 1.165) is 5.69 Å². The highest BCUT2D eigenvalue weighted by Crippen LogP contribution is 2.23. The molecule has 0 aliphatic carbocycles. The molecule has 0 aromatic carbocycles. The van der Waals surface area contributed by atoms with Gasteiger partial charge in [0.2, 0.25) is 0 Å². The van der Waals surface area contributed by atoms with E-state index in [4.69, 9.17) is 4.42 Å². The van der Waals surface area contributed by atoms with Crippen LogP contribution in [-0.4, -0.2) is 62.8 Å². The van der Waals surface area contributed by atoms with Crippen LogP contribution in [-0.2, 0) is 13.6 Å². The number of carbonyl (C=O) groups is 1. The quantitative estimate of drug-likeness (QED) is 0.826. The van der Waals surface area contributed by atoms with Crippen molar-refractivity contribution in [2.24, 2.45) is 7.05 Å². The van der Waals surface area contributed by atoms with Gasteiger partial charge in [0, 0.05) is 46.0 Å². The molecule has 1 aliphatic rings. The number of halogens is 1. The summed E-state index contributed by atoms with van der Waals surface area (Å²) in [4.78, 5) is 20.1. The number of nitrogens with zero attached hydrogens (tertiary/aromatic N) is 5. The van der Waals surface area contributed by atoms with Gasteiger partial charge in [0.05, 0.1) is 5.69 Å². The molecule has 1 saturated heterocycles. The van der Waals surface area contributed by atoms with Gasteiger partial charge in [0.15, 0.2) is 12.1 Å². The van der Waals surface area contributed by atoms with Gasteiger partial charge in [-0.25, -0.2) is 9.37 Å². The molecule has 0 spiro atoms. The number of likely N-dealkylation sites (tertiary alicyclic amines) is 1. The van der Waals surface area contributed by atoms with E-state index in [1.165, 1.54) is 6.39 Å². The molecule has 1 fully saturated rings. The molecule has 1 aliphatic heterocycles. The summed E-state index contributed by atoms with van der Waals surface area (Å²) in [5, 5.41) is 4.15. The summed E-state index contributed by atoms with van der Waals surface area (Å²) < 4.78 is 20.8. The van der Waals surface area contributed by atoms with Crippen LogP contribution < -0.4 is 0 Å². The number of likely N-dealkylation sites (N-methyl/N-ethyl adjacent to an activating group) is 1. The molecule has 24 heavy (non-hydrogen) atoms. The summed E-state index contributed by atoms with van der Waals surface area (Å²) in [6, 6.07) is 1.90. The van der Waals surface area contributed by atoms with Crippen molar-refractivity contribution in [2.45, 2.75) is 32.1 Å². The molecule has 130 valence electrons. The lowest BCUT2D eigenvalue weighted by Gasteiger charge is -2.28. The molecule has 0 saturated carbocycles. The molecule has 1 amide bonds. The van der Waals surface area contributed by atoms with Gasteiger partial charge in [-0.05, 0) is 19.4 Å². The van der Waals surface area contributed by atoms with Crippen LogP contribution >= 0.6 is 0 Å². The van der Waals surface area contributed by atoms with Crippen molar-refractivity contribution < 1.29 is 13.6 Å². The fourth-order valence-corrected chi connectivity index (χ4v) is 3.16. The second kappa shape index (κ2) is 6.72. The van der Waals surface area contributed by atoms with Crippen LogP contribution in [0, 0.1) is 6.92 Å². The number of aryl methyl sites for hydroxylation is 2. The summed E-state index contributed by atoms with van der Waals surface area (Å²) in [5.74, 6) is 0.289. The van der Waals surface area contributed by atoms with Gasteiger partial charge >= 0.3 is 0 Å². The zero-order chi connectivity index (χ0) is 17.3. The largest absolute Gasteiger partial charge is 0.448 e. The number of amides is 1. The van der Waals surface area contributed by atoms with Gasteiger partial charge < -0.3 is 9.32 Å². The Balaban J connectivity index is 1.67. The summed E-state index contributed by atoms with van der Waals surface area (Å²) in [6.07, 6.45) is 2.54. The van der Waals surface area contributed by atoms with Gasteiger partial charge in [0.1, 0.15) is 11.9 Å². The maximum absolute atomic E-state index is 13.9. The van der Waals surface area contributed by atoms with E-state index >= 15 is 0 Å². The Morgan fingerprint density at radius 3 is 2.96 bits per heavy atom. The minimum Gasteiger partial charge on any atom is -0.448 e. The maximum Gasteiger partial charge on any atom is 0.275 e. The molecule has 0 radical (unpaired) electrons. The lowest BCUT2D eigenvalue weighted by atomic mass is 10.2. The van der Waals surface area contributed by atoms with E-state index in [1.54, 1.807) is 29.7 Å². The van der Waals surface area contributed by atoms with Crippen LogP contribution in [0.2, 0.25) is 0 Å². The van der Waals surface area contributed by atoms with Crippen LogP contribution in [0.5, 0.6) is 0 Å². The number of oxazole rings is 1. The number of alkyl halides is 1. The van der Waals surface area contributed by atoms with Crippen molar-refractivity contribution in [3.8, 4) is 0 Å². The number of rotatable bonds is 5. The number of hydrogen-bond donors (Lipinski definition) is 0. The first-order chi connectivity index (χ1) is 11.5. The van der Waals surface area contributed by atoms with E-state index in [2.05, 4.69) is 15.0 Å². The van der Waals surface area contributed by atoms with Crippen LogP contribution in [0.25, 0.3) is 0 Å². The predicted molar refractivity (Wildman–Crippen MR) is 85.1 cm³/mol. The van der Waals surface area contributed by atoms with E-state index in [1.807, 2.05) is 13.1 Å². The van der Waals surface area contributed by atoms with E-state index in [-0.39, 0.29) is 11.9 Å². The van der Waals surface area contributed by atoms with Crippen molar-refractivity contribution in [2.75, 3.05) is 20.1 Å². The minimum atomic E-state index is -0.875. The standard InChI is InChI=1S/C16H22FN5O2/c1-11-15(18-10-24-11)16(23)20(2)8-14-6-12(17)7-22(14)9-13-4-5-19-21(13)3/h4-5,10,12,14H,6-9H2,1-3H3/t12-,14-/m0/s1. The molecular formula is C16H22FN5O2. The van der Waals surface area contributed by atoms with Crippen LogP contribution in [0.1, 0.15) is 28.4 Å². The second-order valence-corrected chi connectivity index (χ2v) is 6.31. The van der Waals surface area contributed by atoms with Crippen molar-refractivity contribution in [1.82, 2.24) is 24.6 Å². The fraction of sp³-hybridized carbons (Fsp3) is 0.562. The molecule has 3 rings (SSSR count). The predicted octanol–water partition coefficient (Wildman–Crippen LogP) is 1.40. The van der Waals surface area contributed by atoms with Crippen LogP contribution in [0.4, 0.5) is 4.39 Å². The Kier molecular flexibility index (Phi) is 4.66. The minimum absolute atomic E-state index is 0.0314. The Bertz CT molecular complexity index is 713. The van der Waals surface area contributed by atoms with Gasteiger partial charge in [-0.15, -0.1) is 0 Å². The molecule has 7 nitrogen and oxygen atoms in total. The van der Waals surface area contributed by atoms with Crippen molar-refractivity contribution in [1.29, 1.82) is 0 Å². The number of carbonyl (C=O) groups excluding carboxylic acids is 1. The third-order valence-electron chi connectivity index (χ3n) is 4.54. The molecular weight excluding hydrogens is 313 g/mol. The van der Waals surface area contributed by atoms with E-state index in [9.17, 15) is 9.18 Å². The van der Waals surface area contributed by atoms with Crippen molar-refractivity contribution >= 4 is 5.91 Å². The zero-order valence-electron chi connectivity index (χ0n) is 14.1. The highest BCUT2D eigenvalue weighted by atomic mass is 19.1. The Morgan fingerprint density at radius 1 is 1.54 bits per heavy atom. The molecule has 0 N–H and O–H groups in total. The molecule has 2 atom stereocenters. The molecule has 2 aromatic rings. The third-order valence-corrected chi connectivity index (χ3v) is 4.54. The molecule has 3 heterocycles. The van der Waals surface area contributed by atoms with Crippen LogP contribution in [0.3, 0.4) is 0 Å². The average Bonchev–Trinajstić information content (AvgIpc) is 3.22. The Morgan fingerprint density at radius 2 is 2.33 bits per heavy atom. The Hall–Kier alpha value is -2.22. The fourth-order valence-electron chi connectivity index (χ4n) is 3.16. The van der Waals surface area contributed by atoms with Gasteiger partial charge in [-0.2, -0.15) is 5.10 Å². The molecule has 0 bridgehead atoms. The van der Waals surface area contributed by atoms with Crippen LogP contribution in [0.15, 0.2) is 23.1 Å². The lowest BCUT2D eigenvalue weighted by molar-refractivity contribution is 0.0742. The summed E-state index contributed by atoms with van der Waals surface area (Å²) in [7, 11) is 3.58. The topological polar surface area (TPSA) is 67.4 Å². The Labute approximate surface area is 140 Å². The molecule has 2 aromatic heterocycles. The third kappa shape index (κ3) is 3.33. The molecule has 8 heteroatoms. The van der Waals surface area contributed by atoms with Gasteiger partial charge in [-0.1, -0.05) is 0 Å². The monoisotopic (exact) mass is 335 g/mol. The first kappa shape index (κ1) is 16.6. The average molecular weight is 335 g/mol. The first-order valence-corrected chi connectivity index (χ1v) is 7.96. The summed E-state index contributed by atoms with van der Waals surface area (Å²) in [5.41, 5.74) is 1.33. The normalized spacial score (nSPS) is 21.3. The van der Waals surface area contributed by atoms with Gasteiger partial charge in [-0.3, -0.25) is 14.4 Å². The smallest absolute Gasteiger partial charge is 0.275 e. The van der Waals surface area contributed by atoms with E-state index in [0.29, 0.717) is 37.5 Å². The molecule has 0 unspecified atom stereocenters. The highest BCUT2D eigenvalue weighted by molar-refractivity contribution is 5.92.